The number of hydrogen-bond donors (Lipinski definition) is 1. The molecule has 2 aliphatic rings. The monoisotopic (exact) mass is 480 g/mol. The molecule has 4 rings (SSSR count). The largest absolute Gasteiger partial charge is 0.353 e. The number of nitrogens with zero attached hydrogens (tertiary/aromatic N) is 3. The lowest BCUT2D eigenvalue weighted by atomic mass is 9.93. The van der Waals surface area contributed by atoms with Gasteiger partial charge in [0.2, 0.25) is 27.6 Å². The summed E-state index contributed by atoms with van der Waals surface area (Å²) < 4.78 is 33.7. The first-order valence-corrected chi connectivity index (χ1v) is 13.8. The lowest BCUT2D eigenvalue weighted by molar-refractivity contribution is -0.127. The van der Waals surface area contributed by atoms with Gasteiger partial charge in [0.05, 0.1) is 15.7 Å². The van der Waals surface area contributed by atoms with Crippen molar-refractivity contribution in [2.75, 3.05) is 13.1 Å². The van der Waals surface area contributed by atoms with Gasteiger partial charge >= 0.3 is 0 Å². The van der Waals surface area contributed by atoms with Crippen LogP contribution in [0.3, 0.4) is 0 Å². The van der Waals surface area contributed by atoms with E-state index in [0.717, 1.165) is 32.1 Å². The zero-order valence-electron chi connectivity index (χ0n) is 19.0. The summed E-state index contributed by atoms with van der Waals surface area (Å²) in [6.45, 7) is 6.38. The van der Waals surface area contributed by atoms with Crippen LogP contribution in [0.25, 0.3) is 10.7 Å². The quantitative estimate of drug-likeness (QED) is 0.668. The van der Waals surface area contributed by atoms with E-state index in [1.807, 2.05) is 13.8 Å². The van der Waals surface area contributed by atoms with Crippen molar-refractivity contribution in [2.45, 2.75) is 82.6 Å². The molecule has 10 heteroatoms. The Hall–Kier alpha value is -1.78. The van der Waals surface area contributed by atoms with E-state index in [0.29, 0.717) is 34.4 Å². The lowest BCUT2D eigenvalue weighted by Gasteiger charge is -2.32. The zero-order chi connectivity index (χ0) is 22.9. The van der Waals surface area contributed by atoms with Crippen LogP contribution in [0.15, 0.2) is 15.5 Å². The van der Waals surface area contributed by atoms with E-state index in [1.54, 1.807) is 13.0 Å². The molecule has 0 spiro atoms. The number of rotatable bonds is 6. The van der Waals surface area contributed by atoms with Gasteiger partial charge in [0.1, 0.15) is 0 Å². The number of nitrogens with one attached hydrogen (secondary N) is 1. The molecule has 1 saturated carbocycles. The Morgan fingerprint density at radius 3 is 2.66 bits per heavy atom. The van der Waals surface area contributed by atoms with E-state index in [1.165, 1.54) is 22.1 Å². The second-order valence-electron chi connectivity index (χ2n) is 9.19. The van der Waals surface area contributed by atoms with Crippen LogP contribution < -0.4 is 5.32 Å². The van der Waals surface area contributed by atoms with Gasteiger partial charge in [-0.1, -0.05) is 38.3 Å². The molecular formula is C22H32N4O4S2. The normalized spacial score (nSPS) is 21.2. The highest BCUT2D eigenvalue weighted by atomic mass is 32.2. The second kappa shape index (κ2) is 9.61. The molecule has 1 amide bonds. The highest BCUT2D eigenvalue weighted by molar-refractivity contribution is 7.89. The number of carbonyl (C=O) groups is 1. The van der Waals surface area contributed by atoms with Crippen LogP contribution in [0.5, 0.6) is 0 Å². The van der Waals surface area contributed by atoms with Gasteiger partial charge in [-0.2, -0.15) is 9.29 Å². The Bertz CT molecular complexity index is 1050. The molecule has 176 valence electrons. The van der Waals surface area contributed by atoms with Crippen molar-refractivity contribution in [3.05, 3.63) is 16.8 Å². The Morgan fingerprint density at radius 2 is 1.97 bits per heavy atom. The molecule has 1 aliphatic heterocycles. The van der Waals surface area contributed by atoms with Gasteiger partial charge in [-0.3, -0.25) is 4.79 Å². The van der Waals surface area contributed by atoms with Crippen LogP contribution in [-0.4, -0.2) is 47.9 Å². The van der Waals surface area contributed by atoms with Crippen molar-refractivity contribution < 1.29 is 17.7 Å². The van der Waals surface area contributed by atoms with Gasteiger partial charge in [0, 0.05) is 29.9 Å². The van der Waals surface area contributed by atoms with Crippen molar-refractivity contribution in [2.24, 2.45) is 5.92 Å². The van der Waals surface area contributed by atoms with E-state index < -0.39 is 10.0 Å². The molecular weight excluding hydrogens is 448 g/mol. The highest BCUT2D eigenvalue weighted by Gasteiger charge is 2.35. The first-order chi connectivity index (χ1) is 15.3. The summed E-state index contributed by atoms with van der Waals surface area (Å²) in [5.74, 6) is 0.729. The van der Waals surface area contributed by atoms with Crippen molar-refractivity contribution in [3.63, 3.8) is 0 Å². The maximum atomic E-state index is 13.5. The Kier molecular flexibility index (Phi) is 7.02. The fraction of sp³-hybridized carbons (Fsp3) is 0.682. The molecule has 2 aromatic rings. The number of aromatic nitrogens is 2. The zero-order valence-corrected chi connectivity index (χ0v) is 20.6. The maximum Gasteiger partial charge on any atom is 0.244 e. The number of hydrogen-bond acceptors (Lipinski definition) is 7. The van der Waals surface area contributed by atoms with Crippen molar-refractivity contribution in [3.8, 4) is 10.7 Å². The molecule has 2 fully saturated rings. The number of aryl methyl sites for hydroxylation is 1. The maximum absolute atomic E-state index is 13.5. The van der Waals surface area contributed by atoms with Crippen molar-refractivity contribution >= 4 is 27.3 Å². The van der Waals surface area contributed by atoms with Crippen molar-refractivity contribution in [1.82, 2.24) is 19.8 Å². The van der Waals surface area contributed by atoms with E-state index in [4.69, 9.17) is 4.52 Å². The molecule has 1 aliphatic carbocycles. The van der Waals surface area contributed by atoms with Crippen LogP contribution in [0, 0.1) is 12.8 Å². The third-order valence-electron chi connectivity index (χ3n) is 6.35. The van der Waals surface area contributed by atoms with Crippen LogP contribution in [0.4, 0.5) is 0 Å². The summed E-state index contributed by atoms with van der Waals surface area (Å²) >= 11 is 1.34. The predicted octanol–water partition coefficient (Wildman–Crippen LogP) is 4.08. The molecule has 0 radical (unpaired) electrons. The summed E-state index contributed by atoms with van der Waals surface area (Å²) in [5.41, 5.74) is 0. The third-order valence-corrected chi connectivity index (χ3v) is 9.52. The number of sulfonamides is 1. The minimum atomic E-state index is -3.71. The molecule has 3 heterocycles. The number of carbonyl (C=O) groups excluding carboxylic acids is 1. The molecule has 0 bridgehead atoms. The van der Waals surface area contributed by atoms with Gasteiger partial charge in [0.15, 0.2) is 0 Å². The summed E-state index contributed by atoms with van der Waals surface area (Å²) in [5, 5.41) is 7.17. The van der Waals surface area contributed by atoms with Gasteiger partial charge < -0.3 is 9.84 Å². The molecule has 1 atom stereocenters. The molecule has 0 unspecified atom stereocenters. The fourth-order valence-electron chi connectivity index (χ4n) is 4.48. The Morgan fingerprint density at radius 1 is 1.22 bits per heavy atom. The lowest BCUT2D eigenvalue weighted by Crippen LogP contribution is -2.47. The van der Waals surface area contributed by atoms with E-state index >= 15 is 0 Å². The third kappa shape index (κ3) is 4.92. The SMILES string of the molecule is Cc1sc(-c2noc(C(C)C)n2)cc1S(=O)(=O)N1CCC[C@@H](C(=O)NC2CCCCC2)C1. The first-order valence-electron chi connectivity index (χ1n) is 11.5. The molecule has 1 saturated heterocycles. The van der Waals surface area contributed by atoms with Gasteiger partial charge in [-0.05, 0) is 38.7 Å². The highest BCUT2D eigenvalue weighted by Crippen LogP contribution is 2.35. The van der Waals surface area contributed by atoms with Gasteiger partial charge in [-0.15, -0.1) is 11.3 Å². The van der Waals surface area contributed by atoms with Crippen molar-refractivity contribution in [1.29, 1.82) is 0 Å². The predicted molar refractivity (Wildman–Crippen MR) is 123 cm³/mol. The Balaban J connectivity index is 1.48. The fourth-order valence-corrected chi connectivity index (χ4v) is 7.49. The molecule has 1 N–H and O–H groups in total. The number of amides is 1. The second-order valence-corrected chi connectivity index (χ2v) is 12.4. The Labute approximate surface area is 193 Å². The van der Waals surface area contributed by atoms with E-state index in [2.05, 4.69) is 15.5 Å². The number of thiophene rings is 1. The summed E-state index contributed by atoms with van der Waals surface area (Å²) in [7, 11) is -3.71. The summed E-state index contributed by atoms with van der Waals surface area (Å²) in [6, 6.07) is 1.87. The summed E-state index contributed by atoms with van der Waals surface area (Å²) in [4.78, 5) is 18.8. The number of piperidine rings is 1. The van der Waals surface area contributed by atoms with Crippen LogP contribution in [0.1, 0.15) is 75.5 Å². The smallest absolute Gasteiger partial charge is 0.244 e. The van der Waals surface area contributed by atoms with Gasteiger partial charge in [-0.25, -0.2) is 8.42 Å². The average molecular weight is 481 g/mol. The standard InChI is InChI=1S/C22H32N4O4S2/c1-14(2)22-24-20(25-30-22)18-12-19(15(3)31-18)32(28,29)26-11-7-8-16(13-26)21(27)23-17-9-5-4-6-10-17/h12,14,16-17H,4-11,13H2,1-3H3,(H,23,27)/t16-/m1/s1. The minimum Gasteiger partial charge on any atom is -0.353 e. The minimum absolute atomic E-state index is 0.00691. The van der Waals surface area contributed by atoms with E-state index in [-0.39, 0.29) is 35.2 Å². The topological polar surface area (TPSA) is 105 Å². The average Bonchev–Trinajstić information content (AvgIpc) is 3.42. The molecule has 8 nitrogen and oxygen atoms in total. The first kappa shape index (κ1) is 23.4. The summed E-state index contributed by atoms with van der Waals surface area (Å²) in [6.07, 6.45) is 6.97. The molecule has 0 aromatic carbocycles. The van der Waals surface area contributed by atoms with Gasteiger partial charge in [0.25, 0.3) is 0 Å². The van der Waals surface area contributed by atoms with E-state index in [9.17, 15) is 13.2 Å². The van der Waals surface area contributed by atoms with Crippen LogP contribution in [-0.2, 0) is 14.8 Å². The van der Waals surface area contributed by atoms with Crippen LogP contribution >= 0.6 is 11.3 Å². The van der Waals surface area contributed by atoms with Crippen LogP contribution in [0.2, 0.25) is 0 Å². The molecule has 2 aromatic heterocycles. The molecule has 32 heavy (non-hydrogen) atoms.